The number of rotatable bonds is 11. The molecule has 0 bridgehead atoms. The van der Waals surface area contributed by atoms with Crippen LogP contribution in [0.3, 0.4) is 0 Å². The van der Waals surface area contributed by atoms with Gasteiger partial charge in [0.25, 0.3) is 0 Å². The molecule has 0 aliphatic carbocycles. The molecule has 0 aromatic rings. The summed E-state index contributed by atoms with van der Waals surface area (Å²) in [6, 6.07) is 0. The molecule has 4 heteroatoms. The lowest BCUT2D eigenvalue weighted by molar-refractivity contribution is -0.137. The molecular formula is C20H40O4. The number of carbonyl (C=O) groups is 1. The zero-order chi connectivity index (χ0) is 19.0. The number of hydrogen-bond donors (Lipinski definition) is 1. The third kappa shape index (κ3) is 9.63. The van der Waals surface area contributed by atoms with E-state index < -0.39 is 5.97 Å². The summed E-state index contributed by atoms with van der Waals surface area (Å²) in [5.74, 6) is -0.444. The van der Waals surface area contributed by atoms with E-state index in [9.17, 15) is 4.79 Å². The van der Waals surface area contributed by atoms with E-state index in [0.717, 1.165) is 12.8 Å². The summed E-state index contributed by atoms with van der Waals surface area (Å²) in [6.07, 6.45) is 2.90. The zero-order valence-electron chi connectivity index (χ0n) is 17.1. The Kier molecular flexibility index (Phi) is 10.1. The van der Waals surface area contributed by atoms with Crippen molar-refractivity contribution in [3.05, 3.63) is 0 Å². The maximum Gasteiger partial charge on any atom is 0.303 e. The second-order valence-electron chi connectivity index (χ2n) is 8.89. The molecule has 144 valence electrons. The molecule has 2 atom stereocenters. The van der Waals surface area contributed by atoms with Crippen LogP contribution < -0.4 is 0 Å². The maximum absolute atomic E-state index is 11.1. The lowest BCUT2D eigenvalue weighted by Gasteiger charge is -2.37. The van der Waals surface area contributed by atoms with Gasteiger partial charge in [0.05, 0.1) is 12.2 Å². The van der Waals surface area contributed by atoms with Crippen molar-refractivity contribution in [2.24, 2.45) is 16.7 Å². The Morgan fingerprint density at radius 1 is 0.875 bits per heavy atom. The third-order valence-electron chi connectivity index (χ3n) is 4.53. The second kappa shape index (κ2) is 10.4. The predicted octanol–water partition coefficient (Wildman–Crippen LogP) is 5.15. The molecule has 0 saturated carbocycles. The lowest BCUT2D eigenvalue weighted by Crippen LogP contribution is -2.36. The van der Waals surface area contributed by atoms with E-state index in [-0.39, 0.29) is 35.4 Å². The SMILES string of the molecule is CCOC(CC(CCC(=O)O)CC(OCC)C(C)(C)C)C(C)(C)C. The average Bonchev–Trinajstić information content (AvgIpc) is 2.41. The van der Waals surface area contributed by atoms with Crippen LogP contribution in [0.25, 0.3) is 0 Å². The molecule has 0 fully saturated rings. The molecule has 2 unspecified atom stereocenters. The predicted molar refractivity (Wildman–Crippen MR) is 99.3 cm³/mol. The standard InChI is InChI=1S/C20H40O4/c1-9-23-16(19(3,4)5)13-15(11-12-18(21)22)14-17(24-10-2)20(6,7)8/h15-17H,9-14H2,1-8H3,(H,21,22). The smallest absolute Gasteiger partial charge is 0.303 e. The molecule has 0 spiro atoms. The molecule has 1 N–H and O–H groups in total. The highest BCUT2D eigenvalue weighted by Gasteiger charge is 2.32. The largest absolute Gasteiger partial charge is 0.481 e. The van der Waals surface area contributed by atoms with Crippen LogP contribution in [0.2, 0.25) is 0 Å². The Morgan fingerprint density at radius 3 is 1.50 bits per heavy atom. The minimum Gasteiger partial charge on any atom is -0.481 e. The van der Waals surface area contributed by atoms with Gasteiger partial charge in [0.15, 0.2) is 0 Å². The molecule has 0 aliphatic rings. The number of carboxylic acids is 1. The summed E-state index contributed by atoms with van der Waals surface area (Å²) in [6.45, 7) is 18.5. The minimum atomic E-state index is -0.729. The minimum absolute atomic E-state index is 0.0420. The summed E-state index contributed by atoms with van der Waals surface area (Å²) in [7, 11) is 0. The van der Waals surface area contributed by atoms with Crippen LogP contribution in [0, 0.1) is 16.7 Å². The van der Waals surface area contributed by atoms with Crippen LogP contribution in [0.15, 0.2) is 0 Å². The van der Waals surface area contributed by atoms with Gasteiger partial charge < -0.3 is 14.6 Å². The van der Waals surface area contributed by atoms with E-state index in [1.165, 1.54) is 0 Å². The molecule has 0 aromatic heterocycles. The van der Waals surface area contributed by atoms with Gasteiger partial charge in [-0.2, -0.15) is 0 Å². The fraction of sp³-hybridized carbons (Fsp3) is 0.950. The Hall–Kier alpha value is -0.610. The Labute approximate surface area is 149 Å². The van der Waals surface area contributed by atoms with Gasteiger partial charge in [-0.3, -0.25) is 4.79 Å². The molecule has 4 nitrogen and oxygen atoms in total. The Bertz CT molecular complexity index is 326. The van der Waals surface area contributed by atoms with Gasteiger partial charge in [-0.15, -0.1) is 0 Å². The van der Waals surface area contributed by atoms with Crippen molar-refractivity contribution in [3.8, 4) is 0 Å². The maximum atomic E-state index is 11.1. The van der Waals surface area contributed by atoms with Crippen molar-refractivity contribution in [3.63, 3.8) is 0 Å². The molecule has 0 rings (SSSR count). The van der Waals surface area contributed by atoms with Crippen LogP contribution in [0.1, 0.15) is 81.1 Å². The molecule has 0 saturated heterocycles. The van der Waals surface area contributed by atoms with Crippen molar-refractivity contribution in [2.45, 2.75) is 93.3 Å². The topological polar surface area (TPSA) is 55.8 Å². The van der Waals surface area contributed by atoms with E-state index >= 15 is 0 Å². The summed E-state index contributed by atoms with van der Waals surface area (Å²) in [4.78, 5) is 11.1. The van der Waals surface area contributed by atoms with Crippen molar-refractivity contribution in [1.82, 2.24) is 0 Å². The highest BCUT2D eigenvalue weighted by Crippen LogP contribution is 2.35. The van der Waals surface area contributed by atoms with E-state index in [4.69, 9.17) is 14.6 Å². The van der Waals surface area contributed by atoms with E-state index in [1.54, 1.807) is 0 Å². The van der Waals surface area contributed by atoms with E-state index in [0.29, 0.717) is 19.6 Å². The highest BCUT2D eigenvalue weighted by molar-refractivity contribution is 5.66. The summed E-state index contributed by atoms with van der Waals surface area (Å²) in [5.41, 5.74) is 0.0840. The van der Waals surface area contributed by atoms with Crippen LogP contribution in [-0.4, -0.2) is 36.5 Å². The molecule has 0 aliphatic heterocycles. The first-order chi connectivity index (χ1) is 10.9. The average molecular weight is 345 g/mol. The Morgan fingerprint density at radius 2 is 1.25 bits per heavy atom. The van der Waals surface area contributed by atoms with Gasteiger partial charge in [-0.1, -0.05) is 41.5 Å². The van der Waals surface area contributed by atoms with Gasteiger partial charge in [-0.05, 0) is 49.9 Å². The van der Waals surface area contributed by atoms with Crippen molar-refractivity contribution in [2.75, 3.05) is 13.2 Å². The third-order valence-corrected chi connectivity index (χ3v) is 4.53. The first kappa shape index (κ1) is 23.4. The number of carboxylic acid groups (broad SMARTS) is 1. The molecule has 0 heterocycles. The summed E-state index contributed by atoms with van der Waals surface area (Å²) < 4.78 is 12.0. The van der Waals surface area contributed by atoms with Crippen molar-refractivity contribution in [1.29, 1.82) is 0 Å². The fourth-order valence-electron chi connectivity index (χ4n) is 3.01. The van der Waals surface area contributed by atoms with Crippen molar-refractivity contribution >= 4 is 5.97 Å². The van der Waals surface area contributed by atoms with Crippen LogP contribution in [-0.2, 0) is 14.3 Å². The first-order valence-corrected chi connectivity index (χ1v) is 9.36. The van der Waals surface area contributed by atoms with Gasteiger partial charge >= 0.3 is 5.97 Å². The van der Waals surface area contributed by atoms with Crippen molar-refractivity contribution < 1.29 is 19.4 Å². The van der Waals surface area contributed by atoms with Crippen LogP contribution in [0.4, 0.5) is 0 Å². The monoisotopic (exact) mass is 344 g/mol. The van der Waals surface area contributed by atoms with E-state index in [1.807, 2.05) is 13.8 Å². The fourth-order valence-corrected chi connectivity index (χ4v) is 3.01. The Balaban J connectivity index is 5.15. The summed E-state index contributed by atoms with van der Waals surface area (Å²) in [5, 5.41) is 9.09. The molecule has 0 amide bonds. The highest BCUT2D eigenvalue weighted by atomic mass is 16.5. The van der Waals surface area contributed by atoms with Crippen LogP contribution >= 0.6 is 0 Å². The number of ether oxygens (including phenoxy) is 2. The van der Waals surface area contributed by atoms with Crippen LogP contribution in [0.5, 0.6) is 0 Å². The quantitative estimate of drug-likeness (QED) is 0.563. The zero-order valence-corrected chi connectivity index (χ0v) is 17.1. The molecule has 24 heavy (non-hydrogen) atoms. The van der Waals surface area contributed by atoms with E-state index in [2.05, 4.69) is 41.5 Å². The molecule has 0 aromatic carbocycles. The number of aliphatic carboxylic acids is 1. The normalized spacial score (nSPS) is 16.7. The number of hydrogen-bond acceptors (Lipinski definition) is 3. The van der Waals surface area contributed by atoms with Gasteiger partial charge in [0.1, 0.15) is 0 Å². The summed E-state index contributed by atoms with van der Waals surface area (Å²) >= 11 is 0. The first-order valence-electron chi connectivity index (χ1n) is 9.36. The second-order valence-corrected chi connectivity index (χ2v) is 8.89. The van der Waals surface area contributed by atoms with Gasteiger partial charge in [0, 0.05) is 19.6 Å². The van der Waals surface area contributed by atoms with Gasteiger partial charge in [-0.25, -0.2) is 0 Å². The molecular weight excluding hydrogens is 304 g/mol. The van der Waals surface area contributed by atoms with Gasteiger partial charge in [0.2, 0.25) is 0 Å². The molecule has 0 radical (unpaired) electrons. The lowest BCUT2D eigenvalue weighted by atomic mass is 9.77.